The van der Waals surface area contributed by atoms with Crippen LogP contribution in [0, 0.1) is 23.7 Å². The zero-order chi connectivity index (χ0) is 22.3. The van der Waals surface area contributed by atoms with Gasteiger partial charge in [0.05, 0.1) is 17.8 Å². The van der Waals surface area contributed by atoms with Gasteiger partial charge in [-0.15, -0.1) is 0 Å². The molecule has 7 heteroatoms. The zero-order valence-corrected chi connectivity index (χ0v) is 19.4. The molecule has 4 bridgehead atoms. The number of carbonyl (C=O) groups excluding carboxylic acids is 2. The maximum absolute atomic E-state index is 13.3. The molecular formula is C24H36N4O3. The van der Waals surface area contributed by atoms with Crippen LogP contribution in [0.4, 0.5) is 0 Å². The van der Waals surface area contributed by atoms with Crippen LogP contribution < -0.4 is 15.4 Å². The van der Waals surface area contributed by atoms with E-state index in [4.69, 9.17) is 4.74 Å². The summed E-state index contributed by atoms with van der Waals surface area (Å²) in [6.07, 6.45) is 11.5. The number of nitrogens with zero attached hydrogens (tertiary/aromatic N) is 2. The van der Waals surface area contributed by atoms with E-state index >= 15 is 0 Å². The molecule has 4 saturated carbocycles. The number of carbonyl (C=O) groups is 2. The van der Waals surface area contributed by atoms with Gasteiger partial charge in [0.15, 0.2) is 0 Å². The van der Waals surface area contributed by atoms with Crippen molar-refractivity contribution in [1.82, 2.24) is 20.4 Å². The van der Waals surface area contributed by atoms with Gasteiger partial charge in [0.25, 0.3) is 5.91 Å². The Balaban J connectivity index is 1.52. The molecule has 0 aromatic carbocycles. The predicted octanol–water partition coefficient (Wildman–Crippen LogP) is 3.61. The third-order valence-electron chi connectivity index (χ3n) is 7.00. The molecule has 1 aromatic heterocycles. The van der Waals surface area contributed by atoms with Gasteiger partial charge in [-0.25, -0.2) is 4.68 Å². The fourth-order valence-corrected chi connectivity index (χ4v) is 6.10. The molecule has 0 atom stereocenters. The van der Waals surface area contributed by atoms with Crippen LogP contribution in [0.5, 0.6) is 5.88 Å². The van der Waals surface area contributed by atoms with Crippen molar-refractivity contribution in [1.29, 1.82) is 0 Å². The molecule has 4 aliphatic rings. The predicted molar refractivity (Wildman–Crippen MR) is 120 cm³/mol. The molecule has 0 unspecified atom stereocenters. The molecule has 1 heterocycles. The topological polar surface area (TPSA) is 85.2 Å². The van der Waals surface area contributed by atoms with E-state index in [1.54, 1.807) is 17.1 Å². The number of hydrogen-bond donors (Lipinski definition) is 2. The number of aromatic nitrogens is 2. The number of nitrogens with one attached hydrogen (secondary N) is 2. The minimum atomic E-state index is -0.546. The van der Waals surface area contributed by atoms with E-state index in [1.165, 1.54) is 39.0 Å². The van der Waals surface area contributed by atoms with Gasteiger partial charge in [-0.2, -0.15) is 5.10 Å². The minimum Gasteiger partial charge on any atom is -0.474 e. The molecule has 0 saturated heterocycles. The van der Waals surface area contributed by atoms with Crippen molar-refractivity contribution in [3.63, 3.8) is 0 Å². The summed E-state index contributed by atoms with van der Waals surface area (Å²) in [7, 11) is 0. The fourth-order valence-electron chi connectivity index (χ4n) is 6.10. The Morgan fingerprint density at radius 1 is 1.16 bits per heavy atom. The Hall–Kier alpha value is -2.31. The lowest BCUT2D eigenvalue weighted by Gasteiger charge is -2.54. The summed E-state index contributed by atoms with van der Waals surface area (Å²) >= 11 is 0. The summed E-state index contributed by atoms with van der Waals surface area (Å²) < 4.78 is 7.57. The van der Waals surface area contributed by atoms with Crippen molar-refractivity contribution in [2.24, 2.45) is 23.7 Å². The van der Waals surface area contributed by atoms with E-state index in [-0.39, 0.29) is 24.0 Å². The Kier molecular flexibility index (Phi) is 5.88. The standard InChI is InChI=1S/C24H36N4O3/c1-14(2)31-23-20(13-25-28(23)7-6-24(4,5)27-15(3)29)22(30)26-21-18-9-16-8-17(11-18)12-19(21)10-16/h6-7,13-14,16-19,21H,8-12H2,1-5H3,(H,26,30)(H,27,29)/b7-6+. The smallest absolute Gasteiger partial charge is 0.258 e. The van der Waals surface area contributed by atoms with Gasteiger partial charge in [0, 0.05) is 19.2 Å². The van der Waals surface area contributed by atoms with Crippen LogP contribution >= 0.6 is 0 Å². The number of ether oxygens (including phenoxy) is 1. The molecule has 0 spiro atoms. The van der Waals surface area contributed by atoms with Gasteiger partial charge in [0.2, 0.25) is 11.8 Å². The van der Waals surface area contributed by atoms with Crippen molar-refractivity contribution < 1.29 is 14.3 Å². The van der Waals surface area contributed by atoms with Crippen molar-refractivity contribution in [3.8, 4) is 5.88 Å². The second-order valence-electron chi connectivity index (χ2n) is 10.6. The van der Waals surface area contributed by atoms with Gasteiger partial charge in [-0.05, 0) is 89.5 Å². The van der Waals surface area contributed by atoms with E-state index in [0.717, 1.165) is 11.8 Å². The molecular weight excluding hydrogens is 392 g/mol. The summed E-state index contributed by atoms with van der Waals surface area (Å²) in [5, 5.41) is 10.6. The minimum absolute atomic E-state index is 0.0973. The van der Waals surface area contributed by atoms with Crippen molar-refractivity contribution in [3.05, 3.63) is 17.8 Å². The first-order valence-electron chi connectivity index (χ1n) is 11.6. The van der Waals surface area contributed by atoms with E-state index in [9.17, 15) is 9.59 Å². The highest BCUT2D eigenvalue weighted by atomic mass is 16.5. The number of rotatable bonds is 7. The lowest BCUT2D eigenvalue weighted by atomic mass is 9.54. The van der Waals surface area contributed by atoms with Crippen LogP contribution in [-0.4, -0.2) is 39.3 Å². The molecule has 5 rings (SSSR count). The van der Waals surface area contributed by atoms with E-state index in [1.807, 2.05) is 33.8 Å². The molecule has 1 aromatic rings. The second kappa shape index (κ2) is 8.32. The Morgan fingerprint density at radius 3 is 2.32 bits per heavy atom. The Morgan fingerprint density at radius 2 is 1.77 bits per heavy atom. The van der Waals surface area contributed by atoms with Gasteiger partial charge in [0.1, 0.15) is 5.56 Å². The van der Waals surface area contributed by atoms with Crippen LogP contribution in [0.1, 0.15) is 77.1 Å². The average Bonchev–Trinajstić information content (AvgIpc) is 3.03. The van der Waals surface area contributed by atoms with Gasteiger partial charge in [-0.3, -0.25) is 9.59 Å². The highest BCUT2D eigenvalue weighted by Gasteiger charge is 2.48. The Labute approximate surface area is 185 Å². The largest absolute Gasteiger partial charge is 0.474 e. The summed E-state index contributed by atoms with van der Waals surface area (Å²) in [6.45, 7) is 9.15. The molecule has 0 aliphatic heterocycles. The summed E-state index contributed by atoms with van der Waals surface area (Å²) in [6, 6.07) is 0.268. The maximum Gasteiger partial charge on any atom is 0.258 e. The molecule has 4 fully saturated rings. The monoisotopic (exact) mass is 428 g/mol. The summed E-state index contributed by atoms with van der Waals surface area (Å²) in [5.41, 5.74) is -0.0835. The lowest BCUT2D eigenvalue weighted by molar-refractivity contribution is -0.120. The van der Waals surface area contributed by atoms with Gasteiger partial charge < -0.3 is 15.4 Å². The summed E-state index contributed by atoms with van der Waals surface area (Å²) in [5.74, 6) is 3.20. The van der Waals surface area contributed by atoms with E-state index in [2.05, 4.69) is 15.7 Å². The lowest BCUT2D eigenvalue weighted by Crippen LogP contribution is -2.55. The van der Waals surface area contributed by atoms with Crippen LogP contribution in [0.3, 0.4) is 0 Å². The molecule has 7 nitrogen and oxygen atoms in total. The van der Waals surface area contributed by atoms with Gasteiger partial charge >= 0.3 is 0 Å². The average molecular weight is 429 g/mol. The molecule has 0 radical (unpaired) electrons. The highest BCUT2D eigenvalue weighted by Crippen LogP contribution is 2.53. The molecule has 2 N–H and O–H groups in total. The normalized spacial score (nSPS) is 29.5. The first-order valence-corrected chi connectivity index (χ1v) is 11.6. The van der Waals surface area contributed by atoms with Crippen molar-refractivity contribution in [2.75, 3.05) is 0 Å². The van der Waals surface area contributed by atoms with E-state index < -0.39 is 5.54 Å². The third-order valence-corrected chi connectivity index (χ3v) is 7.00. The van der Waals surface area contributed by atoms with Crippen LogP contribution in [0.25, 0.3) is 6.20 Å². The van der Waals surface area contributed by atoms with Crippen LogP contribution in [0.15, 0.2) is 12.3 Å². The van der Waals surface area contributed by atoms with E-state index in [0.29, 0.717) is 23.3 Å². The number of amides is 2. The molecule has 4 aliphatic carbocycles. The van der Waals surface area contributed by atoms with Crippen LogP contribution in [0.2, 0.25) is 0 Å². The van der Waals surface area contributed by atoms with Gasteiger partial charge in [-0.1, -0.05) is 0 Å². The quantitative estimate of drug-likeness (QED) is 0.695. The second-order valence-corrected chi connectivity index (χ2v) is 10.6. The summed E-state index contributed by atoms with van der Waals surface area (Å²) in [4.78, 5) is 24.7. The first-order chi connectivity index (χ1) is 14.6. The molecule has 31 heavy (non-hydrogen) atoms. The van der Waals surface area contributed by atoms with Crippen molar-refractivity contribution in [2.45, 2.75) is 84.4 Å². The Bertz CT molecular complexity index is 842. The zero-order valence-electron chi connectivity index (χ0n) is 19.4. The molecule has 170 valence electrons. The number of hydrogen-bond acceptors (Lipinski definition) is 4. The van der Waals surface area contributed by atoms with Crippen LogP contribution in [-0.2, 0) is 4.79 Å². The third kappa shape index (κ3) is 4.80. The maximum atomic E-state index is 13.3. The SMILES string of the molecule is CC(=O)NC(C)(C)/C=C/n1ncc(C(=O)NC2C3CC4CC(C3)CC2C4)c1OC(C)C. The first kappa shape index (κ1) is 21.9. The fraction of sp³-hybridized carbons (Fsp3) is 0.708. The molecule has 2 amide bonds. The highest BCUT2D eigenvalue weighted by molar-refractivity contribution is 5.96. The van der Waals surface area contributed by atoms with Crippen molar-refractivity contribution >= 4 is 18.0 Å².